The Kier molecular flexibility index (Phi) is 7.20. The van der Waals surface area contributed by atoms with E-state index in [1.54, 1.807) is 18.1 Å². The molecule has 0 bridgehead atoms. The lowest BCUT2D eigenvalue weighted by molar-refractivity contribution is 0.0572. The Morgan fingerprint density at radius 1 is 1.17 bits per heavy atom. The molecular weight excluding hydrogens is 524 g/mol. The zero-order valence-corrected chi connectivity index (χ0v) is 23.0. The molecular formula is C27H35BrN4O4. The predicted octanol–water partition coefficient (Wildman–Crippen LogP) is 3.41. The van der Waals surface area contributed by atoms with E-state index in [1.807, 2.05) is 17.0 Å². The monoisotopic (exact) mass is 558 g/mol. The number of carbonyl (C=O) groups is 1. The Hall–Kier alpha value is -2.49. The van der Waals surface area contributed by atoms with Crippen LogP contribution in [-0.4, -0.2) is 70.7 Å². The van der Waals surface area contributed by atoms with Crippen LogP contribution in [0.15, 0.2) is 24.3 Å². The third kappa shape index (κ3) is 4.88. The van der Waals surface area contributed by atoms with E-state index >= 15 is 0 Å². The van der Waals surface area contributed by atoms with Gasteiger partial charge in [-0.25, -0.2) is 4.98 Å². The van der Waals surface area contributed by atoms with E-state index in [0.29, 0.717) is 41.0 Å². The van der Waals surface area contributed by atoms with Crippen LogP contribution in [0.25, 0.3) is 0 Å². The first-order valence-corrected chi connectivity index (χ1v) is 12.3. The Morgan fingerprint density at radius 2 is 1.83 bits per heavy atom. The molecule has 5 rings (SSSR count). The van der Waals surface area contributed by atoms with Gasteiger partial charge in [-0.15, -0.1) is 17.0 Å². The maximum absolute atomic E-state index is 13.5. The second kappa shape index (κ2) is 9.76. The topological polar surface area (TPSA) is 110 Å². The van der Waals surface area contributed by atoms with Crippen LogP contribution >= 0.6 is 17.0 Å². The molecule has 9 heteroatoms. The molecule has 3 heterocycles. The number of hydrogen-bond acceptors (Lipinski definition) is 7. The number of hydrogen-bond donors (Lipinski definition) is 3. The van der Waals surface area contributed by atoms with Gasteiger partial charge < -0.3 is 24.7 Å². The first-order valence-electron chi connectivity index (χ1n) is 12.3. The number of ketones is 1. The Morgan fingerprint density at radius 3 is 2.42 bits per heavy atom. The van der Waals surface area contributed by atoms with Crippen LogP contribution in [0, 0.1) is 5.41 Å². The first-order chi connectivity index (χ1) is 16.6. The number of β-amino-alcohol motifs (C(OH)–C–C–N with tert-alkyl or cyclic N) is 2. The predicted molar refractivity (Wildman–Crippen MR) is 144 cm³/mol. The van der Waals surface area contributed by atoms with Crippen molar-refractivity contribution in [2.24, 2.45) is 0 Å². The van der Waals surface area contributed by atoms with Crippen molar-refractivity contribution >= 4 is 34.3 Å². The number of pyridine rings is 1. The second-order valence-electron chi connectivity index (χ2n) is 11.0. The number of ether oxygens (including phenoxy) is 1. The fourth-order valence-corrected chi connectivity index (χ4v) is 5.02. The van der Waals surface area contributed by atoms with Crippen LogP contribution in [0.1, 0.15) is 72.4 Å². The van der Waals surface area contributed by atoms with Gasteiger partial charge in [-0.1, -0.05) is 26.8 Å². The van der Waals surface area contributed by atoms with Crippen LogP contribution in [0.3, 0.4) is 0 Å². The van der Waals surface area contributed by atoms with Gasteiger partial charge in [-0.3, -0.25) is 10.2 Å². The van der Waals surface area contributed by atoms with Crippen LogP contribution < -0.4 is 9.64 Å². The smallest absolute Gasteiger partial charge is 0.182 e. The van der Waals surface area contributed by atoms with E-state index in [4.69, 9.17) is 15.1 Å². The molecule has 0 amide bonds. The van der Waals surface area contributed by atoms with Crippen molar-refractivity contribution in [2.45, 2.75) is 63.7 Å². The van der Waals surface area contributed by atoms with Crippen molar-refractivity contribution in [1.29, 1.82) is 5.41 Å². The summed E-state index contributed by atoms with van der Waals surface area (Å²) < 4.78 is 5.78. The van der Waals surface area contributed by atoms with E-state index in [0.717, 1.165) is 29.7 Å². The number of rotatable bonds is 6. The number of benzene rings is 1. The average Bonchev–Trinajstić information content (AvgIpc) is 3.55. The van der Waals surface area contributed by atoms with Crippen LogP contribution in [0.5, 0.6) is 5.75 Å². The molecule has 1 aromatic carbocycles. The van der Waals surface area contributed by atoms with Gasteiger partial charge in [-0.2, -0.15) is 0 Å². The molecule has 2 fully saturated rings. The molecule has 194 valence electrons. The number of halogens is 1. The zero-order valence-electron chi connectivity index (χ0n) is 21.2. The van der Waals surface area contributed by atoms with Crippen molar-refractivity contribution < 1.29 is 19.7 Å². The number of Topliss-reactive ketones (excluding diaryl/α,β-unsaturated/α-hetero) is 1. The molecule has 3 N–H and O–H groups in total. The minimum absolute atomic E-state index is 0. The fourth-order valence-electron chi connectivity index (χ4n) is 5.02. The molecule has 1 aliphatic carbocycles. The normalized spacial score (nSPS) is 21.4. The number of aliphatic hydroxyl groups excluding tert-OH is 2. The first kappa shape index (κ1) is 26.6. The maximum Gasteiger partial charge on any atom is 0.182 e. The quantitative estimate of drug-likeness (QED) is 0.466. The molecule has 2 aromatic rings. The third-order valence-corrected chi connectivity index (χ3v) is 7.24. The number of aromatic nitrogens is 1. The van der Waals surface area contributed by atoms with Gasteiger partial charge in [0, 0.05) is 47.9 Å². The van der Waals surface area contributed by atoms with Gasteiger partial charge in [0.05, 0.1) is 31.5 Å². The number of fused-ring (bicyclic) bond motifs is 1. The second-order valence-corrected chi connectivity index (χ2v) is 11.0. The van der Waals surface area contributed by atoms with Crippen molar-refractivity contribution in [3.8, 4) is 5.75 Å². The van der Waals surface area contributed by atoms with E-state index in [1.165, 1.54) is 0 Å². The van der Waals surface area contributed by atoms with E-state index in [9.17, 15) is 15.0 Å². The minimum Gasteiger partial charge on any atom is -0.494 e. The van der Waals surface area contributed by atoms with Gasteiger partial charge in [0.1, 0.15) is 17.3 Å². The number of amidine groups is 1. The lowest BCUT2D eigenvalue weighted by Crippen LogP contribution is -2.31. The summed E-state index contributed by atoms with van der Waals surface area (Å²) in [6, 6.07) is 7.77. The summed E-state index contributed by atoms with van der Waals surface area (Å²) in [6.45, 7) is 7.29. The van der Waals surface area contributed by atoms with Crippen molar-refractivity contribution in [3.63, 3.8) is 0 Å². The molecule has 8 nitrogen and oxygen atoms in total. The molecule has 2 aliphatic heterocycles. The van der Waals surface area contributed by atoms with Crippen molar-refractivity contribution in [1.82, 2.24) is 9.88 Å². The van der Waals surface area contributed by atoms with Gasteiger partial charge in [0.15, 0.2) is 5.78 Å². The highest BCUT2D eigenvalue weighted by Gasteiger charge is 2.35. The molecule has 1 aromatic heterocycles. The molecule has 0 spiro atoms. The van der Waals surface area contributed by atoms with Gasteiger partial charge in [0.25, 0.3) is 0 Å². The van der Waals surface area contributed by atoms with E-state index < -0.39 is 12.2 Å². The summed E-state index contributed by atoms with van der Waals surface area (Å²) >= 11 is 0. The number of aliphatic hydroxyl groups is 2. The number of anilines is 1. The standard InChI is InChI=1S/C27H34N4O4.BrH/c1-27(2,3)18-9-17(10-20(25(18)35-4)30-13-22(33)23(34)14-30)21(32)12-31-11-16-7-8-19(15-5-6-15)29-24(16)26(31)28;/h7-10,15,22-23,28,33-34H,5-6,11-14H2,1-4H3;1H. The van der Waals surface area contributed by atoms with Gasteiger partial charge in [0.2, 0.25) is 0 Å². The van der Waals surface area contributed by atoms with Crippen LogP contribution in [-0.2, 0) is 12.0 Å². The lowest BCUT2D eigenvalue weighted by atomic mass is 9.84. The average molecular weight is 560 g/mol. The Bertz CT molecular complexity index is 1180. The van der Waals surface area contributed by atoms with Crippen LogP contribution in [0.4, 0.5) is 5.69 Å². The maximum atomic E-state index is 13.5. The van der Waals surface area contributed by atoms with E-state index in [2.05, 4.69) is 26.8 Å². The highest BCUT2D eigenvalue weighted by Crippen LogP contribution is 2.42. The largest absolute Gasteiger partial charge is 0.494 e. The number of nitrogens with zero attached hydrogens (tertiary/aromatic N) is 3. The number of nitrogens with one attached hydrogen (secondary N) is 1. The zero-order chi connectivity index (χ0) is 25.1. The van der Waals surface area contributed by atoms with Gasteiger partial charge in [-0.05, 0) is 36.5 Å². The molecule has 0 radical (unpaired) electrons. The Labute approximate surface area is 222 Å². The summed E-state index contributed by atoms with van der Waals surface area (Å²) in [5.41, 5.74) is 4.52. The molecule has 2 unspecified atom stereocenters. The molecule has 1 saturated heterocycles. The molecule has 3 aliphatic rings. The SMILES string of the molecule is Br.COc1c(N2CC(O)C(O)C2)cc(C(=O)CN2Cc3ccc(C4CC4)nc3C2=N)cc1C(C)(C)C. The number of methoxy groups -OCH3 is 1. The highest BCUT2D eigenvalue weighted by molar-refractivity contribution is 8.93. The summed E-state index contributed by atoms with van der Waals surface area (Å²) in [5, 5.41) is 28.9. The van der Waals surface area contributed by atoms with Crippen molar-refractivity contribution in [3.05, 3.63) is 52.3 Å². The number of carbonyl (C=O) groups excluding carboxylic acids is 1. The molecule has 2 atom stereocenters. The third-order valence-electron chi connectivity index (χ3n) is 7.24. The molecule has 36 heavy (non-hydrogen) atoms. The van der Waals surface area contributed by atoms with Gasteiger partial charge >= 0.3 is 0 Å². The Balaban J connectivity index is 0.00000304. The fraction of sp³-hybridized carbons (Fsp3) is 0.519. The van der Waals surface area contributed by atoms with Crippen LogP contribution in [0.2, 0.25) is 0 Å². The lowest BCUT2D eigenvalue weighted by Gasteiger charge is -2.29. The molecule has 1 saturated carbocycles. The summed E-state index contributed by atoms with van der Waals surface area (Å²) in [4.78, 5) is 21.9. The summed E-state index contributed by atoms with van der Waals surface area (Å²) in [5.74, 6) is 1.36. The summed E-state index contributed by atoms with van der Waals surface area (Å²) in [6.07, 6.45) is 0.604. The highest BCUT2D eigenvalue weighted by atomic mass is 79.9. The van der Waals surface area contributed by atoms with E-state index in [-0.39, 0.29) is 47.8 Å². The minimum atomic E-state index is -0.853. The van der Waals surface area contributed by atoms with Crippen molar-refractivity contribution in [2.75, 3.05) is 31.6 Å². The summed E-state index contributed by atoms with van der Waals surface area (Å²) in [7, 11) is 1.60.